The van der Waals surface area contributed by atoms with Crippen molar-refractivity contribution in [2.75, 3.05) is 6.61 Å². The van der Waals surface area contributed by atoms with Gasteiger partial charge in [0, 0.05) is 6.20 Å². The molecular formula is C12H18N2O5. The molecule has 0 unspecified atom stereocenters. The third-order valence-corrected chi connectivity index (χ3v) is 3.34. The maximum atomic E-state index is 11.5. The molecule has 0 spiro atoms. The van der Waals surface area contributed by atoms with Crippen LogP contribution >= 0.6 is 0 Å². The molecule has 7 heteroatoms. The molecule has 0 aromatic carbocycles. The summed E-state index contributed by atoms with van der Waals surface area (Å²) in [6.45, 7) is 5.07. The number of aliphatic hydroxyl groups is 3. The first-order valence-electron chi connectivity index (χ1n) is 6.11. The molecule has 106 valence electrons. The Morgan fingerprint density at radius 3 is 2.68 bits per heavy atom. The highest BCUT2D eigenvalue weighted by Crippen LogP contribution is 2.29. The predicted molar refractivity (Wildman–Crippen MR) is 65.3 cm³/mol. The molecule has 0 bridgehead atoms. The number of ether oxygens (including phenoxy) is 1. The smallest absolute Gasteiger partial charge is 0.256 e. The molecule has 1 fully saturated rings. The summed E-state index contributed by atoms with van der Waals surface area (Å²) in [7, 11) is 0. The Balaban J connectivity index is 2.24. The molecule has 2 rings (SSSR count). The SMILES string of the molecule is C=C1NC(=O)C(CO)=CN1[C@@H]1O[C@H](CC)[C@@H](O)[C@H]1O. The van der Waals surface area contributed by atoms with Crippen LogP contribution in [0.4, 0.5) is 0 Å². The van der Waals surface area contributed by atoms with Crippen molar-refractivity contribution in [3.8, 4) is 0 Å². The minimum absolute atomic E-state index is 0.137. The van der Waals surface area contributed by atoms with Crippen molar-refractivity contribution in [3.05, 3.63) is 24.2 Å². The van der Waals surface area contributed by atoms with Gasteiger partial charge in [-0.1, -0.05) is 13.5 Å². The summed E-state index contributed by atoms with van der Waals surface area (Å²) in [5, 5.41) is 31.4. The first-order chi connectivity index (χ1) is 8.99. The van der Waals surface area contributed by atoms with Gasteiger partial charge in [-0.2, -0.15) is 0 Å². The highest BCUT2D eigenvalue weighted by atomic mass is 16.6. The fourth-order valence-electron chi connectivity index (χ4n) is 2.22. The van der Waals surface area contributed by atoms with Gasteiger partial charge in [0.25, 0.3) is 5.91 Å². The van der Waals surface area contributed by atoms with Crippen LogP contribution in [0.5, 0.6) is 0 Å². The van der Waals surface area contributed by atoms with Gasteiger partial charge in [0.2, 0.25) is 0 Å². The van der Waals surface area contributed by atoms with Crippen molar-refractivity contribution in [2.24, 2.45) is 0 Å². The minimum Gasteiger partial charge on any atom is -0.391 e. The van der Waals surface area contributed by atoms with Crippen LogP contribution < -0.4 is 5.32 Å². The third-order valence-electron chi connectivity index (χ3n) is 3.34. The van der Waals surface area contributed by atoms with Crippen LogP contribution in [0.1, 0.15) is 13.3 Å². The van der Waals surface area contributed by atoms with Gasteiger partial charge >= 0.3 is 0 Å². The zero-order valence-electron chi connectivity index (χ0n) is 10.6. The summed E-state index contributed by atoms with van der Waals surface area (Å²) in [4.78, 5) is 12.9. The van der Waals surface area contributed by atoms with Crippen LogP contribution in [-0.2, 0) is 9.53 Å². The summed E-state index contributed by atoms with van der Waals surface area (Å²) < 4.78 is 5.56. The van der Waals surface area contributed by atoms with Gasteiger partial charge in [-0.05, 0) is 6.42 Å². The Labute approximate surface area is 110 Å². The maximum absolute atomic E-state index is 11.5. The van der Waals surface area contributed by atoms with Crippen LogP contribution in [0.3, 0.4) is 0 Å². The average Bonchev–Trinajstić information content (AvgIpc) is 2.67. The Morgan fingerprint density at radius 2 is 2.16 bits per heavy atom. The van der Waals surface area contributed by atoms with E-state index in [1.54, 1.807) is 0 Å². The topological polar surface area (TPSA) is 102 Å². The molecule has 1 saturated heterocycles. The van der Waals surface area contributed by atoms with E-state index in [4.69, 9.17) is 9.84 Å². The van der Waals surface area contributed by atoms with Gasteiger partial charge in [0.05, 0.1) is 18.3 Å². The normalized spacial score (nSPS) is 35.4. The number of nitrogens with one attached hydrogen (secondary N) is 1. The number of aliphatic hydroxyl groups excluding tert-OH is 3. The van der Waals surface area contributed by atoms with Gasteiger partial charge in [-0.3, -0.25) is 4.79 Å². The fraction of sp³-hybridized carbons (Fsp3) is 0.583. The van der Waals surface area contributed by atoms with Crippen LogP contribution in [0, 0.1) is 0 Å². The van der Waals surface area contributed by atoms with E-state index in [0.717, 1.165) is 0 Å². The lowest BCUT2D eigenvalue weighted by molar-refractivity contribution is -0.120. The molecule has 2 aliphatic rings. The maximum Gasteiger partial charge on any atom is 0.256 e. The van der Waals surface area contributed by atoms with Crippen LogP contribution in [0.2, 0.25) is 0 Å². The molecule has 0 aliphatic carbocycles. The number of rotatable bonds is 3. The first kappa shape index (κ1) is 14.0. The summed E-state index contributed by atoms with van der Waals surface area (Å²) >= 11 is 0. The van der Waals surface area contributed by atoms with Crippen LogP contribution in [0.15, 0.2) is 24.2 Å². The Bertz CT molecular complexity index is 422. The monoisotopic (exact) mass is 270 g/mol. The molecule has 4 atom stereocenters. The summed E-state index contributed by atoms with van der Waals surface area (Å²) in [6, 6.07) is 0. The molecule has 0 aromatic heterocycles. The molecule has 19 heavy (non-hydrogen) atoms. The second kappa shape index (κ2) is 5.30. The van der Waals surface area contributed by atoms with Crippen molar-refractivity contribution in [1.82, 2.24) is 10.2 Å². The summed E-state index contributed by atoms with van der Waals surface area (Å²) in [6.07, 6.45) is -1.50. The van der Waals surface area contributed by atoms with Gasteiger partial charge in [-0.25, -0.2) is 0 Å². The van der Waals surface area contributed by atoms with Gasteiger partial charge < -0.3 is 30.3 Å². The molecule has 0 saturated carbocycles. The summed E-state index contributed by atoms with van der Waals surface area (Å²) in [5.74, 6) is -0.209. The van der Waals surface area contributed by atoms with Crippen molar-refractivity contribution in [1.29, 1.82) is 0 Å². The molecule has 2 heterocycles. The van der Waals surface area contributed by atoms with Gasteiger partial charge in [-0.15, -0.1) is 0 Å². The van der Waals surface area contributed by atoms with E-state index in [0.29, 0.717) is 6.42 Å². The predicted octanol–water partition coefficient (Wildman–Crippen LogP) is -1.38. The second-order valence-corrected chi connectivity index (χ2v) is 4.58. The third kappa shape index (κ3) is 2.37. The lowest BCUT2D eigenvalue weighted by atomic mass is 10.1. The Morgan fingerprint density at radius 1 is 1.47 bits per heavy atom. The number of hydrogen-bond donors (Lipinski definition) is 4. The van der Waals surface area contributed by atoms with Crippen LogP contribution in [0.25, 0.3) is 0 Å². The molecule has 4 N–H and O–H groups in total. The van der Waals surface area contributed by atoms with Crippen LogP contribution in [-0.4, -0.2) is 57.3 Å². The zero-order valence-corrected chi connectivity index (χ0v) is 10.6. The quantitative estimate of drug-likeness (QED) is 0.504. The molecule has 2 aliphatic heterocycles. The van der Waals surface area contributed by atoms with E-state index in [-0.39, 0.29) is 11.4 Å². The number of hydrogen-bond acceptors (Lipinski definition) is 6. The lowest BCUT2D eigenvalue weighted by Crippen LogP contribution is -2.48. The van der Waals surface area contributed by atoms with E-state index >= 15 is 0 Å². The molecule has 7 nitrogen and oxygen atoms in total. The van der Waals surface area contributed by atoms with Gasteiger partial charge in [0.15, 0.2) is 6.23 Å². The largest absolute Gasteiger partial charge is 0.391 e. The highest BCUT2D eigenvalue weighted by Gasteiger charge is 2.45. The second-order valence-electron chi connectivity index (χ2n) is 4.58. The summed E-state index contributed by atoms with van der Waals surface area (Å²) in [5.41, 5.74) is 0.137. The van der Waals surface area contributed by atoms with Crippen molar-refractivity contribution < 1.29 is 24.9 Å². The molecule has 0 aromatic rings. The number of carbonyl (C=O) groups excluding carboxylic acids is 1. The van der Waals surface area contributed by atoms with E-state index in [1.807, 2.05) is 6.92 Å². The van der Waals surface area contributed by atoms with Crippen molar-refractivity contribution >= 4 is 5.91 Å². The molecular weight excluding hydrogens is 252 g/mol. The number of carbonyl (C=O) groups is 1. The lowest BCUT2D eigenvalue weighted by Gasteiger charge is -2.34. The minimum atomic E-state index is -1.12. The van der Waals surface area contributed by atoms with E-state index in [1.165, 1.54) is 11.1 Å². The standard InChI is InChI=1S/C12H18N2O5/c1-3-8-9(16)10(17)12(19-8)14-4-7(5-15)11(18)13-6(14)2/h4,8-10,12,15-17H,2-3,5H2,1H3,(H,13,18)/t8-,9-,10-,12-/m1/s1. The first-order valence-corrected chi connectivity index (χ1v) is 6.11. The molecule has 0 radical (unpaired) electrons. The molecule has 1 amide bonds. The van der Waals surface area contributed by atoms with E-state index in [9.17, 15) is 15.0 Å². The number of nitrogens with zero attached hydrogens (tertiary/aromatic N) is 1. The average molecular weight is 270 g/mol. The van der Waals surface area contributed by atoms with E-state index < -0.39 is 37.1 Å². The van der Waals surface area contributed by atoms with Gasteiger partial charge in [0.1, 0.15) is 18.0 Å². The highest BCUT2D eigenvalue weighted by molar-refractivity contribution is 5.95. The Kier molecular flexibility index (Phi) is 3.91. The van der Waals surface area contributed by atoms with Crippen molar-refractivity contribution in [3.63, 3.8) is 0 Å². The Hall–Kier alpha value is -1.41. The van der Waals surface area contributed by atoms with E-state index in [2.05, 4.69) is 11.9 Å². The van der Waals surface area contributed by atoms with Crippen molar-refractivity contribution in [2.45, 2.75) is 37.9 Å². The zero-order chi connectivity index (χ0) is 14.2. The fourth-order valence-corrected chi connectivity index (χ4v) is 2.22. The number of amides is 1.